The van der Waals surface area contributed by atoms with Crippen molar-refractivity contribution in [1.82, 2.24) is 0 Å². The van der Waals surface area contributed by atoms with Crippen molar-refractivity contribution in [3.8, 4) is 0 Å². The third-order valence-corrected chi connectivity index (χ3v) is 3.98. The van der Waals surface area contributed by atoms with Crippen LogP contribution in [0.4, 0.5) is 5.69 Å². The van der Waals surface area contributed by atoms with Gasteiger partial charge in [0.2, 0.25) is 0 Å². The Bertz CT molecular complexity index is 310. The topological polar surface area (TPSA) is 26.0 Å². The second kappa shape index (κ2) is 3.81. The molecule has 2 N–H and O–H groups in total. The molecule has 0 bridgehead atoms. The second-order valence-corrected chi connectivity index (χ2v) is 5.13. The second-order valence-electron chi connectivity index (χ2n) is 3.35. The normalized spacial score (nSPS) is 17.0. The Labute approximate surface area is 87.7 Å². The molecule has 1 aliphatic rings. The van der Waals surface area contributed by atoms with Crippen molar-refractivity contribution >= 4 is 29.1 Å². The fourth-order valence-electron chi connectivity index (χ4n) is 1.29. The summed E-state index contributed by atoms with van der Waals surface area (Å²) in [7, 11) is 0. The van der Waals surface area contributed by atoms with Gasteiger partial charge in [0.05, 0.1) is 0 Å². The number of hydrogen-bond donors (Lipinski definition) is 1. The zero-order valence-corrected chi connectivity index (χ0v) is 8.87. The van der Waals surface area contributed by atoms with Crippen molar-refractivity contribution in [3.05, 3.63) is 23.2 Å². The highest BCUT2D eigenvalue weighted by atomic mass is 35.5. The fraction of sp³-hybridized carbons (Fsp3) is 0.400. The van der Waals surface area contributed by atoms with Crippen LogP contribution in [0.2, 0.25) is 5.02 Å². The largest absolute Gasteiger partial charge is 0.398 e. The van der Waals surface area contributed by atoms with Crippen LogP contribution in [0.5, 0.6) is 0 Å². The molecule has 1 aliphatic carbocycles. The van der Waals surface area contributed by atoms with Gasteiger partial charge in [0, 0.05) is 20.9 Å². The van der Waals surface area contributed by atoms with E-state index in [1.807, 2.05) is 30.0 Å². The number of anilines is 1. The molecule has 0 aliphatic heterocycles. The van der Waals surface area contributed by atoms with E-state index in [1.54, 1.807) is 0 Å². The average Bonchev–Trinajstić information content (AvgIpc) is 1.99. The molecule has 0 heterocycles. The first-order chi connectivity index (χ1) is 6.25. The predicted molar refractivity (Wildman–Crippen MR) is 59.4 cm³/mol. The minimum absolute atomic E-state index is 0.718. The molecule has 1 saturated carbocycles. The first-order valence-electron chi connectivity index (χ1n) is 4.47. The molecule has 13 heavy (non-hydrogen) atoms. The molecule has 1 fully saturated rings. The van der Waals surface area contributed by atoms with Gasteiger partial charge in [0.25, 0.3) is 0 Å². The van der Waals surface area contributed by atoms with Gasteiger partial charge in [-0.05, 0) is 31.0 Å². The maximum absolute atomic E-state index is 5.84. The Morgan fingerprint density at radius 3 is 2.69 bits per heavy atom. The van der Waals surface area contributed by atoms with E-state index < -0.39 is 0 Å². The Morgan fingerprint density at radius 2 is 2.15 bits per heavy atom. The predicted octanol–water partition coefficient (Wildman–Crippen LogP) is 3.57. The van der Waals surface area contributed by atoms with Crippen LogP contribution in [-0.4, -0.2) is 5.25 Å². The molecule has 3 heteroatoms. The lowest BCUT2D eigenvalue weighted by Gasteiger charge is -2.25. The van der Waals surface area contributed by atoms with Gasteiger partial charge in [0.1, 0.15) is 0 Å². The average molecular weight is 214 g/mol. The maximum atomic E-state index is 5.84. The number of nitrogen functional groups attached to an aromatic ring is 1. The summed E-state index contributed by atoms with van der Waals surface area (Å²) >= 11 is 7.69. The minimum Gasteiger partial charge on any atom is -0.398 e. The molecule has 70 valence electrons. The van der Waals surface area contributed by atoms with Gasteiger partial charge in [-0.2, -0.15) is 0 Å². The van der Waals surface area contributed by atoms with E-state index in [9.17, 15) is 0 Å². The molecule has 2 rings (SSSR count). The van der Waals surface area contributed by atoms with Crippen LogP contribution < -0.4 is 5.73 Å². The maximum Gasteiger partial charge on any atom is 0.0467 e. The lowest BCUT2D eigenvalue weighted by Crippen LogP contribution is -2.12. The van der Waals surface area contributed by atoms with Crippen molar-refractivity contribution < 1.29 is 0 Å². The summed E-state index contributed by atoms with van der Waals surface area (Å²) in [6.45, 7) is 0. The fourth-order valence-corrected chi connectivity index (χ4v) is 2.75. The number of nitrogens with two attached hydrogens (primary N) is 1. The van der Waals surface area contributed by atoms with Crippen LogP contribution in [0.25, 0.3) is 0 Å². The smallest absolute Gasteiger partial charge is 0.0467 e. The number of thioether (sulfide) groups is 1. The Balaban J connectivity index is 2.10. The van der Waals surface area contributed by atoms with E-state index in [0.717, 1.165) is 16.0 Å². The Hall–Kier alpha value is -0.340. The number of hydrogen-bond acceptors (Lipinski definition) is 2. The van der Waals surface area contributed by atoms with Gasteiger partial charge in [-0.15, -0.1) is 11.8 Å². The van der Waals surface area contributed by atoms with Crippen LogP contribution in [0.3, 0.4) is 0 Å². The number of halogens is 1. The quantitative estimate of drug-likeness (QED) is 0.761. The van der Waals surface area contributed by atoms with Gasteiger partial charge in [-0.3, -0.25) is 0 Å². The molecular weight excluding hydrogens is 202 g/mol. The third kappa shape index (κ3) is 2.12. The zero-order valence-electron chi connectivity index (χ0n) is 7.29. The van der Waals surface area contributed by atoms with Crippen LogP contribution in [0, 0.1) is 0 Å². The molecule has 1 nitrogen and oxygen atoms in total. The van der Waals surface area contributed by atoms with Crippen LogP contribution in [0.1, 0.15) is 19.3 Å². The van der Waals surface area contributed by atoms with Gasteiger partial charge < -0.3 is 5.73 Å². The van der Waals surface area contributed by atoms with E-state index in [0.29, 0.717) is 0 Å². The van der Waals surface area contributed by atoms with Crippen molar-refractivity contribution in [2.45, 2.75) is 29.4 Å². The third-order valence-electron chi connectivity index (χ3n) is 2.32. The van der Waals surface area contributed by atoms with Gasteiger partial charge in [0.15, 0.2) is 0 Å². The molecule has 1 aromatic rings. The summed E-state index contributed by atoms with van der Waals surface area (Å²) in [6, 6.07) is 5.74. The van der Waals surface area contributed by atoms with E-state index in [1.165, 1.54) is 24.2 Å². The van der Waals surface area contributed by atoms with Crippen LogP contribution >= 0.6 is 23.4 Å². The van der Waals surface area contributed by atoms with E-state index >= 15 is 0 Å². The SMILES string of the molecule is Nc1cc(Cl)ccc1SC1CCC1. The van der Waals surface area contributed by atoms with Crippen molar-refractivity contribution in [3.63, 3.8) is 0 Å². The first kappa shape index (κ1) is 9.22. The monoisotopic (exact) mass is 213 g/mol. The summed E-state index contributed by atoms with van der Waals surface area (Å²) in [5.41, 5.74) is 6.65. The van der Waals surface area contributed by atoms with Crippen LogP contribution in [-0.2, 0) is 0 Å². The Morgan fingerprint density at radius 1 is 1.38 bits per heavy atom. The minimum atomic E-state index is 0.718. The van der Waals surface area contributed by atoms with Crippen molar-refractivity contribution in [2.75, 3.05) is 5.73 Å². The molecule has 0 radical (unpaired) electrons. The lowest BCUT2D eigenvalue weighted by atomic mass is 10.0. The summed E-state index contributed by atoms with van der Waals surface area (Å²) < 4.78 is 0. The highest BCUT2D eigenvalue weighted by Crippen LogP contribution is 2.39. The summed E-state index contributed by atoms with van der Waals surface area (Å²) in [6.07, 6.45) is 4.02. The molecule has 0 aromatic heterocycles. The zero-order chi connectivity index (χ0) is 9.26. The molecule has 0 saturated heterocycles. The van der Waals surface area contributed by atoms with E-state index in [2.05, 4.69) is 0 Å². The standard InChI is InChI=1S/C10H12ClNS/c11-7-4-5-10(9(12)6-7)13-8-2-1-3-8/h4-6,8H,1-3,12H2. The van der Waals surface area contributed by atoms with Gasteiger partial charge >= 0.3 is 0 Å². The van der Waals surface area contributed by atoms with E-state index in [-0.39, 0.29) is 0 Å². The molecule has 0 amide bonds. The summed E-state index contributed by atoms with van der Waals surface area (Å²) in [4.78, 5) is 1.18. The lowest BCUT2D eigenvalue weighted by molar-refractivity contribution is 0.522. The van der Waals surface area contributed by atoms with Gasteiger partial charge in [-0.1, -0.05) is 18.0 Å². The first-order valence-corrected chi connectivity index (χ1v) is 5.73. The summed E-state index contributed by atoms with van der Waals surface area (Å²) in [5, 5.41) is 1.50. The molecule has 0 unspecified atom stereocenters. The molecule has 1 aromatic carbocycles. The molecule has 0 atom stereocenters. The highest BCUT2D eigenvalue weighted by molar-refractivity contribution is 8.00. The highest BCUT2D eigenvalue weighted by Gasteiger charge is 2.19. The molecular formula is C10H12ClNS. The van der Waals surface area contributed by atoms with Crippen molar-refractivity contribution in [2.24, 2.45) is 0 Å². The summed E-state index contributed by atoms with van der Waals surface area (Å²) in [5.74, 6) is 0. The number of rotatable bonds is 2. The van der Waals surface area contributed by atoms with Crippen molar-refractivity contribution in [1.29, 1.82) is 0 Å². The molecule has 0 spiro atoms. The Kier molecular flexibility index (Phi) is 2.70. The van der Waals surface area contributed by atoms with Gasteiger partial charge in [-0.25, -0.2) is 0 Å². The van der Waals surface area contributed by atoms with E-state index in [4.69, 9.17) is 17.3 Å². The number of benzene rings is 1. The van der Waals surface area contributed by atoms with Crippen LogP contribution in [0.15, 0.2) is 23.1 Å².